The standard InChI is InChI=1S/C21H23ClN2O2/c22-15-12-18(20(25)23-13-15)21(26)24-11-10-16(14-6-2-1-3-7-14)17-8-4-5-9-19(17)24/h1-3,6-7,12-13,16-17,19H,4-5,8-11H2,(H,23,25)/t16-,17-,19-/m1/s1. The molecule has 1 amide bonds. The number of nitrogens with one attached hydrogen (secondary N) is 1. The van der Waals surface area contributed by atoms with Crippen LogP contribution in [-0.2, 0) is 0 Å². The minimum absolute atomic E-state index is 0.153. The molecule has 0 bridgehead atoms. The summed E-state index contributed by atoms with van der Waals surface area (Å²) in [7, 11) is 0. The number of aromatic nitrogens is 1. The number of nitrogens with zero attached hydrogens (tertiary/aromatic N) is 1. The van der Waals surface area contributed by atoms with Crippen molar-refractivity contribution in [3.8, 4) is 0 Å². The summed E-state index contributed by atoms with van der Waals surface area (Å²) < 4.78 is 0. The van der Waals surface area contributed by atoms with Gasteiger partial charge in [0.15, 0.2) is 0 Å². The molecule has 1 aliphatic carbocycles. The number of aromatic amines is 1. The van der Waals surface area contributed by atoms with E-state index in [1.807, 2.05) is 11.0 Å². The van der Waals surface area contributed by atoms with Gasteiger partial charge in [0, 0.05) is 18.8 Å². The molecular weight excluding hydrogens is 348 g/mol. The SMILES string of the molecule is O=C(c1cc(Cl)c[nH]c1=O)N1CC[C@H](c2ccccc2)[C@H]2CCCC[C@H]21. The van der Waals surface area contributed by atoms with Gasteiger partial charge >= 0.3 is 0 Å². The normalized spacial score (nSPS) is 25.6. The molecule has 136 valence electrons. The van der Waals surface area contributed by atoms with E-state index in [0.717, 1.165) is 25.7 Å². The van der Waals surface area contributed by atoms with Gasteiger partial charge in [0.25, 0.3) is 11.5 Å². The van der Waals surface area contributed by atoms with E-state index >= 15 is 0 Å². The summed E-state index contributed by atoms with van der Waals surface area (Å²) >= 11 is 6.00. The van der Waals surface area contributed by atoms with Crippen LogP contribution in [0.5, 0.6) is 0 Å². The van der Waals surface area contributed by atoms with Crippen LogP contribution in [0.15, 0.2) is 47.4 Å². The number of benzene rings is 1. The molecule has 1 aromatic heterocycles. The topological polar surface area (TPSA) is 53.2 Å². The second kappa shape index (κ2) is 7.28. The maximum atomic E-state index is 13.1. The molecule has 0 unspecified atom stereocenters. The number of amides is 1. The minimum atomic E-state index is -0.364. The highest BCUT2D eigenvalue weighted by molar-refractivity contribution is 6.30. The molecular formula is C21H23ClN2O2. The van der Waals surface area contributed by atoms with Crippen LogP contribution in [0.2, 0.25) is 5.02 Å². The predicted octanol–water partition coefficient (Wildman–Crippen LogP) is 4.22. The van der Waals surface area contributed by atoms with Crippen molar-refractivity contribution in [2.45, 2.75) is 44.1 Å². The summed E-state index contributed by atoms with van der Waals surface area (Å²) in [6.45, 7) is 0.686. The smallest absolute Gasteiger partial charge is 0.260 e. The van der Waals surface area contributed by atoms with Crippen LogP contribution in [0.25, 0.3) is 0 Å². The van der Waals surface area contributed by atoms with Crippen LogP contribution in [0.3, 0.4) is 0 Å². The van der Waals surface area contributed by atoms with Crippen LogP contribution in [0.4, 0.5) is 0 Å². The second-order valence-corrected chi connectivity index (χ2v) is 7.82. The molecule has 0 spiro atoms. The first kappa shape index (κ1) is 17.3. The molecule has 5 heteroatoms. The van der Waals surface area contributed by atoms with Gasteiger partial charge in [-0.15, -0.1) is 0 Å². The van der Waals surface area contributed by atoms with Crippen molar-refractivity contribution in [2.75, 3.05) is 6.54 Å². The van der Waals surface area contributed by atoms with Gasteiger partial charge in [0.05, 0.1) is 5.02 Å². The third-order valence-corrected chi connectivity index (χ3v) is 6.18. The highest BCUT2D eigenvalue weighted by Crippen LogP contribution is 2.44. The van der Waals surface area contributed by atoms with Gasteiger partial charge < -0.3 is 9.88 Å². The van der Waals surface area contributed by atoms with Crippen molar-refractivity contribution < 1.29 is 4.79 Å². The highest BCUT2D eigenvalue weighted by Gasteiger charge is 2.42. The van der Waals surface area contributed by atoms with Crippen molar-refractivity contribution in [2.24, 2.45) is 5.92 Å². The number of likely N-dealkylation sites (tertiary alicyclic amines) is 1. The first-order valence-electron chi connectivity index (χ1n) is 9.39. The van der Waals surface area contributed by atoms with Crippen LogP contribution < -0.4 is 5.56 Å². The number of fused-ring (bicyclic) bond motifs is 1. The lowest BCUT2D eigenvalue weighted by molar-refractivity contribution is 0.0317. The molecule has 4 nitrogen and oxygen atoms in total. The number of hydrogen-bond donors (Lipinski definition) is 1. The highest BCUT2D eigenvalue weighted by atomic mass is 35.5. The van der Waals surface area contributed by atoms with Crippen molar-refractivity contribution in [3.05, 3.63) is 69.1 Å². The molecule has 2 fully saturated rings. The molecule has 1 aromatic carbocycles. The number of pyridine rings is 1. The molecule has 2 heterocycles. The number of piperidine rings is 1. The number of H-pyrrole nitrogens is 1. The summed E-state index contributed by atoms with van der Waals surface area (Å²) in [5, 5.41) is 0.382. The van der Waals surface area contributed by atoms with Gasteiger partial charge in [-0.1, -0.05) is 54.8 Å². The Morgan fingerprint density at radius 1 is 1.12 bits per heavy atom. The molecule has 1 aliphatic heterocycles. The van der Waals surface area contributed by atoms with Crippen LogP contribution in [-0.4, -0.2) is 28.4 Å². The zero-order valence-electron chi connectivity index (χ0n) is 14.7. The third kappa shape index (κ3) is 3.18. The molecule has 0 radical (unpaired) electrons. The Bertz CT molecular complexity index is 849. The third-order valence-electron chi connectivity index (χ3n) is 5.97. The summed E-state index contributed by atoms with van der Waals surface area (Å²) in [6.07, 6.45) is 6.86. The number of hydrogen-bond acceptors (Lipinski definition) is 2. The summed E-state index contributed by atoms with van der Waals surface area (Å²) in [5.41, 5.74) is 1.16. The molecule has 26 heavy (non-hydrogen) atoms. The minimum Gasteiger partial charge on any atom is -0.335 e. The van der Waals surface area contributed by atoms with Gasteiger partial charge in [-0.25, -0.2) is 0 Å². The Balaban J connectivity index is 1.64. The average Bonchev–Trinajstić information content (AvgIpc) is 2.69. The van der Waals surface area contributed by atoms with E-state index in [4.69, 9.17) is 11.6 Å². The van der Waals surface area contributed by atoms with E-state index in [9.17, 15) is 9.59 Å². The summed E-state index contributed by atoms with van der Waals surface area (Å²) in [4.78, 5) is 29.8. The van der Waals surface area contributed by atoms with Gasteiger partial charge in [0.2, 0.25) is 0 Å². The average molecular weight is 371 g/mol. The van der Waals surface area contributed by atoms with Crippen molar-refractivity contribution in [1.82, 2.24) is 9.88 Å². The maximum Gasteiger partial charge on any atom is 0.260 e. The Kier molecular flexibility index (Phi) is 4.86. The Labute approximate surface area is 158 Å². The van der Waals surface area contributed by atoms with E-state index in [0.29, 0.717) is 23.4 Å². The van der Waals surface area contributed by atoms with Crippen LogP contribution in [0.1, 0.15) is 53.9 Å². The van der Waals surface area contributed by atoms with E-state index in [-0.39, 0.29) is 23.1 Å². The fourth-order valence-corrected chi connectivity index (χ4v) is 4.96. The molecule has 1 N–H and O–H groups in total. The summed E-state index contributed by atoms with van der Waals surface area (Å²) in [5.74, 6) is 0.766. The van der Waals surface area contributed by atoms with Crippen LogP contribution in [0, 0.1) is 5.92 Å². The zero-order chi connectivity index (χ0) is 18.1. The second-order valence-electron chi connectivity index (χ2n) is 7.38. The van der Waals surface area contributed by atoms with Gasteiger partial charge in [-0.3, -0.25) is 9.59 Å². The van der Waals surface area contributed by atoms with E-state index in [2.05, 4.69) is 29.2 Å². The first-order valence-corrected chi connectivity index (χ1v) is 9.77. The number of carbonyl (C=O) groups is 1. The van der Waals surface area contributed by atoms with E-state index < -0.39 is 0 Å². The molecule has 2 aliphatic rings. The largest absolute Gasteiger partial charge is 0.335 e. The lowest BCUT2D eigenvalue weighted by atomic mass is 9.69. The fraction of sp³-hybridized carbons (Fsp3) is 0.429. The summed E-state index contributed by atoms with van der Waals surface area (Å²) in [6, 6.07) is 12.3. The molecule has 1 saturated heterocycles. The quantitative estimate of drug-likeness (QED) is 0.860. The van der Waals surface area contributed by atoms with Crippen molar-refractivity contribution >= 4 is 17.5 Å². The monoisotopic (exact) mass is 370 g/mol. The lowest BCUT2D eigenvalue weighted by Gasteiger charge is -2.48. The first-order chi connectivity index (χ1) is 12.6. The van der Waals surface area contributed by atoms with Gasteiger partial charge in [-0.05, 0) is 42.7 Å². The Morgan fingerprint density at radius 2 is 1.88 bits per heavy atom. The predicted molar refractivity (Wildman–Crippen MR) is 103 cm³/mol. The van der Waals surface area contributed by atoms with E-state index in [1.165, 1.54) is 24.2 Å². The Morgan fingerprint density at radius 3 is 2.69 bits per heavy atom. The molecule has 3 atom stereocenters. The van der Waals surface area contributed by atoms with Crippen molar-refractivity contribution in [3.63, 3.8) is 0 Å². The lowest BCUT2D eigenvalue weighted by Crippen LogP contribution is -2.53. The zero-order valence-corrected chi connectivity index (χ0v) is 15.4. The number of halogens is 1. The van der Waals surface area contributed by atoms with Gasteiger partial charge in [0.1, 0.15) is 5.56 Å². The van der Waals surface area contributed by atoms with Crippen molar-refractivity contribution in [1.29, 1.82) is 0 Å². The van der Waals surface area contributed by atoms with Crippen LogP contribution >= 0.6 is 11.6 Å². The number of rotatable bonds is 2. The maximum absolute atomic E-state index is 13.1. The number of carbonyl (C=O) groups excluding carboxylic acids is 1. The molecule has 2 aromatic rings. The fourth-order valence-electron chi connectivity index (χ4n) is 4.79. The molecule has 4 rings (SSSR count). The van der Waals surface area contributed by atoms with E-state index in [1.54, 1.807) is 0 Å². The Hall–Kier alpha value is -2.07. The van der Waals surface area contributed by atoms with Gasteiger partial charge in [-0.2, -0.15) is 0 Å². The molecule has 1 saturated carbocycles.